The first-order chi connectivity index (χ1) is 13.1. The minimum atomic E-state index is -0.312. The molecule has 1 amide bonds. The molecule has 0 spiro atoms. The molecule has 3 rings (SSSR count). The van der Waals surface area contributed by atoms with Gasteiger partial charge in [-0.1, -0.05) is 12.1 Å². The predicted molar refractivity (Wildman–Crippen MR) is 101 cm³/mol. The zero-order chi connectivity index (χ0) is 19.2. The second-order valence-corrected chi connectivity index (χ2v) is 5.75. The summed E-state index contributed by atoms with van der Waals surface area (Å²) in [6.45, 7) is 0. The Bertz CT molecular complexity index is 1060. The maximum atomic E-state index is 12.0. The SMILES string of the molecule is COc1cc(/C=N/NC(=O)CCc2nc3ccccc3c(=O)[nH]2)ccc1O. The largest absolute Gasteiger partial charge is 0.504 e. The van der Waals surface area contributed by atoms with Gasteiger partial charge in [-0.3, -0.25) is 9.59 Å². The number of hydrogen-bond acceptors (Lipinski definition) is 6. The third-order valence-corrected chi connectivity index (χ3v) is 3.86. The fourth-order valence-corrected chi connectivity index (χ4v) is 2.49. The number of aromatic amines is 1. The molecule has 0 aliphatic rings. The number of nitrogens with zero attached hydrogens (tertiary/aromatic N) is 2. The number of para-hydroxylation sites is 1. The molecule has 0 aliphatic heterocycles. The van der Waals surface area contributed by atoms with Crippen LogP contribution < -0.4 is 15.7 Å². The Kier molecular flexibility index (Phi) is 5.46. The number of aromatic nitrogens is 2. The number of aromatic hydroxyl groups is 1. The summed E-state index contributed by atoms with van der Waals surface area (Å²) >= 11 is 0. The second kappa shape index (κ2) is 8.13. The van der Waals surface area contributed by atoms with Crippen molar-refractivity contribution in [1.29, 1.82) is 0 Å². The molecule has 3 aromatic rings. The molecule has 1 aromatic heterocycles. The molecule has 3 N–H and O–H groups in total. The van der Waals surface area contributed by atoms with E-state index in [9.17, 15) is 14.7 Å². The number of nitrogens with one attached hydrogen (secondary N) is 2. The zero-order valence-corrected chi connectivity index (χ0v) is 14.6. The molecule has 138 valence electrons. The van der Waals surface area contributed by atoms with Crippen LogP contribution in [-0.4, -0.2) is 34.3 Å². The third kappa shape index (κ3) is 4.49. The van der Waals surface area contributed by atoms with Gasteiger partial charge in [0.15, 0.2) is 11.5 Å². The molecule has 2 aromatic carbocycles. The van der Waals surface area contributed by atoms with E-state index in [0.29, 0.717) is 28.0 Å². The summed E-state index contributed by atoms with van der Waals surface area (Å²) in [4.78, 5) is 31.0. The van der Waals surface area contributed by atoms with E-state index < -0.39 is 0 Å². The zero-order valence-electron chi connectivity index (χ0n) is 14.6. The predicted octanol–water partition coefficient (Wildman–Crippen LogP) is 1.72. The normalized spacial score (nSPS) is 11.0. The number of carbonyl (C=O) groups excluding carboxylic acids is 1. The third-order valence-electron chi connectivity index (χ3n) is 3.86. The summed E-state index contributed by atoms with van der Waals surface area (Å²) < 4.78 is 5.01. The van der Waals surface area contributed by atoms with Crippen LogP contribution in [0.4, 0.5) is 0 Å². The fourth-order valence-electron chi connectivity index (χ4n) is 2.49. The lowest BCUT2D eigenvalue weighted by Crippen LogP contribution is -2.19. The maximum Gasteiger partial charge on any atom is 0.258 e. The molecule has 8 heteroatoms. The number of hydrogen-bond donors (Lipinski definition) is 3. The van der Waals surface area contributed by atoms with Crippen LogP contribution in [0.15, 0.2) is 52.4 Å². The van der Waals surface area contributed by atoms with E-state index in [-0.39, 0.29) is 30.1 Å². The van der Waals surface area contributed by atoms with E-state index in [2.05, 4.69) is 20.5 Å². The molecule has 0 fully saturated rings. The van der Waals surface area contributed by atoms with E-state index in [4.69, 9.17) is 4.74 Å². The van der Waals surface area contributed by atoms with Gasteiger partial charge in [0.2, 0.25) is 5.91 Å². The number of fused-ring (bicyclic) bond motifs is 1. The van der Waals surface area contributed by atoms with E-state index in [1.54, 1.807) is 36.4 Å². The van der Waals surface area contributed by atoms with Crippen LogP contribution in [0.5, 0.6) is 11.5 Å². The highest BCUT2D eigenvalue weighted by molar-refractivity contribution is 5.83. The number of phenolic OH excluding ortho intramolecular Hbond substituents is 1. The van der Waals surface area contributed by atoms with E-state index >= 15 is 0 Å². The first-order valence-electron chi connectivity index (χ1n) is 8.23. The Morgan fingerprint density at radius 3 is 2.96 bits per heavy atom. The smallest absolute Gasteiger partial charge is 0.258 e. The quantitative estimate of drug-likeness (QED) is 0.454. The van der Waals surface area contributed by atoms with Crippen molar-refractivity contribution in [3.63, 3.8) is 0 Å². The van der Waals surface area contributed by atoms with Crippen molar-refractivity contribution >= 4 is 23.0 Å². The average molecular weight is 366 g/mol. The lowest BCUT2D eigenvalue weighted by molar-refractivity contribution is -0.121. The van der Waals surface area contributed by atoms with Crippen LogP contribution in [0.1, 0.15) is 17.8 Å². The van der Waals surface area contributed by atoms with Gasteiger partial charge < -0.3 is 14.8 Å². The Balaban J connectivity index is 1.58. The van der Waals surface area contributed by atoms with Crippen LogP contribution in [0.3, 0.4) is 0 Å². The van der Waals surface area contributed by atoms with Gasteiger partial charge in [0, 0.05) is 12.8 Å². The molecular weight excluding hydrogens is 348 g/mol. The van der Waals surface area contributed by atoms with Crippen molar-refractivity contribution in [3.05, 3.63) is 64.2 Å². The Labute approximate surface area is 154 Å². The van der Waals surface area contributed by atoms with Crippen LogP contribution in [0.2, 0.25) is 0 Å². The van der Waals surface area contributed by atoms with E-state index in [1.807, 2.05) is 0 Å². The highest BCUT2D eigenvalue weighted by Crippen LogP contribution is 2.25. The van der Waals surface area contributed by atoms with Gasteiger partial charge in [-0.25, -0.2) is 10.4 Å². The number of rotatable bonds is 6. The van der Waals surface area contributed by atoms with Crippen molar-refractivity contribution < 1.29 is 14.6 Å². The number of hydrazone groups is 1. The number of ether oxygens (including phenoxy) is 1. The second-order valence-electron chi connectivity index (χ2n) is 5.75. The average Bonchev–Trinajstić information content (AvgIpc) is 2.68. The Morgan fingerprint density at radius 2 is 2.15 bits per heavy atom. The fraction of sp³-hybridized carbons (Fsp3) is 0.158. The summed E-state index contributed by atoms with van der Waals surface area (Å²) in [6, 6.07) is 11.7. The molecule has 0 atom stereocenters. The molecule has 0 saturated heterocycles. The highest BCUT2D eigenvalue weighted by atomic mass is 16.5. The van der Waals surface area contributed by atoms with Crippen molar-refractivity contribution in [2.75, 3.05) is 7.11 Å². The van der Waals surface area contributed by atoms with Crippen LogP contribution in [0.25, 0.3) is 10.9 Å². The van der Waals surface area contributed by atoms with Gasteiger partial charge in [0.25, 0.3) is 5.56 Å². The first-order valence-corrected chi connectivity index (χ1v) is 8.23. The van der Waals surface area contributed by atoms with Crippen LogP contribution >= 0.6 is 0 Å². The number of amides is 1. The number of aryl methyl sites for hydroxylation is 1. The minimum Gasteiger partial charge on any atom is -0.504 e. The number of carbonyl (C=O) groups is 1. The number of phenols is 1. The van der Waals surface area contributed by atoms with Gasteiger partial charge in [-0.05, 0) is 35.9 Å². The lowest BCUT2D eigenvalue weighted by atomic mass is 10.2. The van der Waals surface area contributed by atoms with Crippen molar-refractivity contribution in [2.24, 2.45) is 5.10 Å². The lowest BCUT2D eigenvalue weighted by Gasteiger charge is -2.04. The summed E-state index contributed by atoms with van der Waals surface area (Å²) in [5.41, 5.74) is 3.44. The van der Waals surface area contributed by atoms with Gasteiger partial charge in [0.05, 0.1) is 24.2 Å². The van der Waals surface area contributed by atoms with Crippen LogP contribution in [-0.2, 0) is 11.2 Å². The van der Waals surface area contributed by atoms with E-state index in [1.165, 1.54) is 19.4 Å². The summed E-state index contributed by atoms with van der Waals surface area (Å²) in [7, 11) is 1.45. The molecule has 27 heavy (non-hydrogen) atoms. The standard InChI is InChI=1S/C19H18N4O4/c1-27-16-10-12(6-7-15(16)24)11-20-23-18(25)9-8-17-21-14-5-3-2-4-13(14)19(26)22-17/h2-7,10-11,24H,8-9H2,1H3,(H,23,25)(H,21,22,26)/b20-11+. The number of H-pyrrole nitrogens is 1. The van der Waals surface area contributed by atoms with Crippen molar-refractivity contribution in [2.45, 2.75) is 12.8 Å². The minimum absolute atomic E-state index is 0.0237. The molecule has 0 aliphatic carbocycles. The highest BCUT2D eigenvalue weighted by Gasteiger charge is 2.06. The Hall–Kier alpha value is -3.68. The van der Waals surface area contributed by atoms with Gasteiger partial charge in [-0.2, -0.15) is 5.10 Å². The monoisotopic (exact) mass is 366 g/mol. The Morgan fingerprint density at radius 1 is 1.33 bits per heavy atom. The van der Waals surface area contributed by atoms with Gasteiger partial charge in [0.1, 0.15) is 5.82 Å². The summed E-state index contributed by atoms with van der Waals surface area (Å²) in [6.07, 6.45) is 1.85. The molecule has 0 unspecified atom stereocenters. The van der Waals surface area contributed by atoms with Crippen molar-refractivity contribution in [3.8, 4) is 11.5 Å². The molecule has 0 radical (unpaired) electrons. The molecule has 1 heterocycles. The topological polar surface area (TPSA) is 117 Å². The summed E-state index contributed by atoms with van der Waals surface area (Å²) in [5, 5.41) is 13.9. The number of benzene rings is 2. The molecule has 0 bridgehead atoms. The van der Waals surface area contributed by atoms with Gasteiger partial charge in [-0.15, -0.1) is 0 Å². The molecular formula is C19H18N4O4. The van der Waals surface area contributed by atoms with Gasteiger partial charge >= 0.3 is 0 Å². The first kappa shape index (κ1) is 18.1. The van der Waals surface area contributed by atoms with E-state index in [0.717, 1.165) is 0 Å². The molecule has 0 saturated carbocycles. The van der Waals surface area contributed by atoms with Crippen LogP contribution in [0, 0.1) is 0 Å². The molecule has 8 nitrogen and oxygen atoms in total. The number of methoxy groups -OCH3 is 1. The summed E-state index contributed by atoms with van der Waals surface area (Å²) in [5.74, 6) is 0.473. The van der Waals surface area contributed by atoms with Crippen molar-refractivity contribution in [1.82, 2.24) is 15.4 Å². The maximum absolute atomic E-state index is 12.0.